The van der Waals surface area contributed by atoms with E-state index in [2.05, 4.69) is 37.7 Å². The van der Waals surface area contributed by atoms with Crippen molar-refractivity contribution in [3.05, 3.63) is 0 Å². The lowest BCUT2D eigenvalue weighted by atomic mass is 10.1. The van der Waals surface area contributed by atoms with Crippen molar-refractivity contribution in [2.45, 2.75) is 46.0 Å². The Balaban J connectivity index is 0.000000288. The molecular weight excluding hydrogens is 184 g/mol. The third kappa shape index (κ3) is 10.2. The van der Waals surface area contributed by atoms with Crippen LogP contribution < -0.4 is 0 Å². The first-order chi connectivity index (χ1) is 7.20. The van der Waals surface area contributed by atoms with E-state index in [4.69, 9.17) is 0 Å². The van der Waals surface area contributed by atoms with E-state index in [9.17, 15) is 0 Å². The fourth-order valence-corrected chi connectivity index (χ4v) is 1.95. The van der Waals surface area contributed by atoms with Gasteiger partial charge in [0.2, 0.25) is 0 Å². The molecule has 0 bridgehead atoms. The van der Waals surface area contributed by atoms with Gasteiger partial charge in [0, 0.05) is 0 Å². The van der Waals surface area contributed by atoms with Crippen molar-refractivity contribution in [2.24, 2.45) is 0 Å². The zero-order valence-corrected chi connectivity index (χ0v) is 11.3. The quantitative estimate of drug-likeness (QED) is 0.710. The van der Waals surface area contributed by atoms with Crippen LogP contribution in [0.15, 0.2) is 0 Å². The van der Waals surface area contributed by atoms with Gasteiger partial charge in [0.15, 0.2) is 0 Å². The summed E-state index contributed by atoms with van der Waals surface area (Å²) in [5, 5.41) is 0. The molecule has 0 N–H and O–H groups in total. The number of nitrogens with zero attached hydrogens (tertiary/aromatic N) is 2. The van der Waals surface area contributed by atoms with Crippen LogP contribution in [0.25, 0.3) is 0 Å². The average molecular weight is 214 g/mol. The third-order valence-electron chi connectivity index (χ3n) is 2.66. The second-order valence-electron chi connectivity index (χ2n) is 4.71. The highest BCUT2D eigenvalue weighted by molar-refractivity contribution is 4.62. The van der Waals surface area contributed by atoms with Crippen LogP contribution in [0.2, 0.25) is 0 Å². The van der Waals surface area contributed by atoms with Crippen LogP contribution in [0.3, 0.4) is 0 Å². The molecule has 1 aliphatic rings. The number of hydrogen-bond acceptors (Lipinski definition) is 2. The van der Waals surface area contributed by atoms with Crippen LogP contribution in [0.1, 0.15) is 46.0 Å². The predicted octanol–water partition coefficient (Wildman–Crippen LogP) is 2.84. The van der Waals surface area contributed by atoms with E-state index in [0.717, 1.165) is 0 Å². The molecule has 0 spiro atoms. The highest BCUT2D eigenvalue weighted by atomic mass is 15.1. The molecule has 1 rings (SSSR count). The van der Waals surface area contributed by atoms with Gasteiger partial charge in [-0.2, -0.15) is 0 Å². The van der Waals surface area contributed by atoms with Gasteiger partial charge in [-0.3, -0.25) is 0 Å². The molecular formula is C13H30N2. The van der Waals surface area contributed by atoms with Crippen molar-refractivity contribution >= 4 is 0 Å². The Bertz CT molecular complexity index is 115. The molecule has 2 heteroatoms. The van der Waals surface area contributed by atoms with Crippen molar-refractivity contribution in [3.63, 3.8) is 0 Å². The lowest BCUT2D eigenvalue weighted by molar-refractivity contribution is 0.229. The zero-order valence-electron chi connectivity index (χ0n) is 11.3. The molecule has 0 aromatic heterocycles. The van der Waals surface area contributed by atoms with E-state index in [0.29, 0.717) is 0 Å². The molecule has 2 nitrogen and oxygen atoms in total. The minimum atomic E-state index is 1.21. The molecule has 0 aromatic carbocycles. The summed E-state index contributed by atoms with van der Waals surface area (Å²) in [5.41, 5.74) is 0. The van der Waals surface area contributed by atoms with Crippen LogP contribution in [0.4, 0.5) is 0 Å². The topological polar surface area (TPSA) is 6.48 Å². The molecule has 0 saturated carbocycles. The molecule has 1 fully saturated rings. The van der Waals surface area contributed by atoms with Gasteiger partial charge in [0.1, 0.15) is 0 Å². The van der Waals surface area contributed by atoms with Gasteiger partial charge in [-0.05, 0) is 66.0 Å². The first-order valence-electron chi connectivity index (χ1n) is 6.57. The van der Waals surface area contributed by atoms with Crippen molar-refractivity contribution in [2.75, 3.05) is 40.3 Å². The molecule has 0 radical (unpaired) electrons. The van der Waals surface area contributed by atoms with Gasteiger partial charge in [-0.15, -0.1) is 0 Å². The van der Waals surface area contributed by atoms with E-state index in [1.807, 2.05) is 0 Å². The Morgan fingerprint density at radius 3 is 1.87 bits per heavy atom. The summed E-state index contributed by atoms with van der Waals surface area (Å²) in [6.45, 7) is 9.68. The van der Waals surface area contributed by atoms with Gasteiger partial charge in [-0.1, -0.05) is 20.3 Å². The largest absolute Gasteiger partial charge is 0.309 e. The first-order valence-corrected chi connectivity index (χ1v) is 6.57. The standard InChI is InChI=1S/C8H17N.C5H13N/c1-2-6-9-7-4-3-5-8-9;1-4-5-6(2)3/h2-8H2,1H3;4-5H2,1-3H3. The Labute approximate surface area is 96.6 Å². The Morgan fingerprint density at radius 1 is 0.933 bits per heavy atom. The van der Waals surface area contributed by atoms with E-state index in [1.54, 1.807) is 0 Å². The van der Waals surface area contributed by atoms with E-state index < -0.39 is 0 Å². The smallest absolute Gasteiger partial charge is 0.00187 e. The second-order valence-corrected chi connectivity index (χ2v) is 4.71. The van der Waals surface area contributed by atoms with Crippen LogP contribution >= 0.6 is 0 Å². The lowest BCUT2D eigenvalue weighted by Gasteiger charge is -2.25. The minimum absolute atomic E-state index is 1.21. The molecule has 0 aromatic rings. The molecule has 1 heterocycles. The highest BCUT2D eigenvalue weighted by Gasteiger charge is 2.07. The van der Waals surface area contributed by atoms with Crippen LogP contribution in [-0.4, -0.2) is 50.1 Å². The molecule has 1 saturated heterocycles. The Kier molecular flexibility index (Phi) is 10.4. The third-order valence-corrected chi connectivity index (χ3v) is 2.66. The van der Waals surface area contributed by atoms with E-state index in [1.165, 1.54) is 58.3 Å². The lowest BCUT2D eigenvalue weighted by Crippen LogP contribution is -2.30. The average Bonchev–Trinajstić information content (AvgIpc) is 2.20. The minimum Gasteiger partial charge on any atom is -0.309 e. The predicted molar refractivity (Wildman–Crippen MR) is 69.4 cm³/mol. The second kappa shape index (κ2) is 10.4. The summed E-state index contributed by atoms with van der Waals surface area (Å²) in [6.07, 6.45) is 6.90. The van der Waals surface area contributed by atoms with Gasteiger partial charge >= 0.3 is 0 Å². The fourth-order valence-electron chi connectivity index (χ4n) is 1.95. The van der Waals surface area contributed by atoms with E-state index in [-0.39, 0.29) is 0 Å². The van der Waals surface area contributed by atoms with Crippen LogP contribution in [0.5, 0.6) is 0 Å². The Morgan fingerprint density at radius 2 is 1.53 bits per heavy atom. The summed E-state index contributed by atoms with van der Waals surface area (Å²) in [6, 6.07) is 0. The molecule has 0 unspecified atom stereocenters. The van der Waals surface area contributed by atoms with Gasteiger partial charge < -0.3 is 9.80 Å². The summed E-state index contributed by atoms with van der Waals surface area (Å²) in [4.78, 5) is 4.75. The normalized spacial score (nSPS) is 17.4. The molecule has 92 valence electrons. The summed E-state index contributed by atoms with van der Waals surface area (Å²) in [5.74, 6) is 0. The number of likely N-dealkylation sites (tertiary alicyclic amines) is 1. The maximum Gasteiger partial charge on any atom is -0.00187 e. The molecule has 15 heavy (non-hydrogen) atoms. The van der Waals surface area contributed by atoms with E-state index >= 15 is 0 Å². The van der Waals surface area contributed by atoms with Crippen molar-refractivity contribution < 1.29 is 0 Å². The Hall–Kier alpha value is -0.0800. The number of hydrogen-bond donors (Lipinski definition) is 0. The monoisotopic (exact) mass is 214 g/mol. The number of rotatable bonds is 4. The highest BCUT2D eigenvalue weighted by Crippen LogP contribution is 2.07. The number of piperidine rings is 1. The summed E-state index contributed by atoms with van der Waals surface area (Å²) < 4.78 is 0. The maximum atomic E-state index is 2.57. The maximum absolute atomic E-state index is 2.57. The van der Waals surface area contributed by atoms with Crippen molar-refractivity contribution in [3.8, 4) is 0 Å². The van der Waals surface area contributed by atoms with Crippen molar-refractivity contribution in [1.29, 1.82) is 0 Å². The van der Waals surface area contributed by atoms with Crippen molar-refractivity contribution in [1.82, 2.24) is 9.80 Å². The van der Waals surface area contributed by atoms with Gasteiger partial charge in [0.05, 0.1) is 0 Å². The fraction of sp³-hybridized carbons (Fsp3) is 1.00. The van der Waals surface area contributed by atoms with Gasteiger partial charge in [0.25, 0.3) is 0 Å². The summed E-state index contributed by atoms with van der Waals surface area (Å²) >= 11 is 0. The summed E-state index contributed by atoms with van der Waals surface area (Å²) in [7, 11) is 4.17. The van der Waals surface area contributed by atoms with Crippen LogP contribution in [-0.2, 0) is 0 Å². The SMILES string of the molecule is CCCN(C)C.CCCN1CCCCC1. The molecule has 1 aliphatic heterocycles. The first kappa shape index (κ1) is 14.9. The molecule has 0 amide bonds. The van der Waals surface area contributed by atoms with Crippen LogP contribution in [0, 0.1) is 0 Å². The zero-order chi connectivity index (χ0) is 11.5. The molecule has 0 aliphatic carbocycles. The molecule has 0 atom stereocenters. The van der Waals surface area contributed by atoms with Gasteiger partial charge in [-0.25, -0.2) is 0 Å².